The molecule has 148 valence electrons. The molecule has 0 amide bonds. The Bertz CT molecular complexity index is 796. The Labute approximate surface area is 166 Å². The van der Waals surface area contributed by atoms with Crippen LogP contribution in [0.2, 0.25) is 0 Å². The molecule has 0 radical (unpaired) electrons. The fourth-order valence-corrected chi connectivity index (χ4v) is 4.20. The van der Waals surface area contributed by atoms with Gasteiger partial charge >= 0.3 is 0 Å². The first-order valence-electron chi connectivity index (χ1n) is 10.0. The van der Waals surface area contributed by atoms with Crippen molar-refractivity contribution in [2.75, 3.05) is 6.61 Å². The van der Waals surface area contributed by atoms with E-state index in [1.165, 1.54) is 30.5 Å². The number of hydrogen-bond acceptors (Lipinski definition) is 1. The number of halogens is 2. The number of benzene rings is 2. The van der Waals surface area contributed by atoms with E-state index in [2.05, 4.69) is 19.2 Å². The molecule has 0 aliphatic heterocycles. The van der Waals surface area contributed by atoms with Crippen molar-refractivity contribution in [3.05, 3.63) is 84.5 Å². The molecule has 3 rings (SSSR count). The van der Waals surface area contributed by atoms with E-state index in [-0.39, 0.29) is 18.8 Å². The van der Waals surface area contributed by atoms with E-state index in [4.69, 9.17) is 4.74 Å². The van der Waals surface area contributed by atoms with Gasteiger partial charge in [-0.2, -0.15) is 0 Å². The van der Waals surface area contributed by atoms with Gasteiger partial charge in [-0.3, -0.25) is 0 Å². The van der Waals surface area contributed by atoms with Crippen LogP contribution in [0.5, 0.6) is 0 Å². The van der Waals surface area contributed by atoms with Crippen molar-refractivity contribution in [3.8, 4) is 11.1 Å². The van der Waals surface area contributed by atoms with E-state index < -0.39 is 11.6 Å². The van der Waals surface area contributed by atoms with Crippen LogP contribution in [0.15, 0.2) is 61.7 Å². The van der Waals surface area contributed by atoms with Crippen molar-refractivity contribution >= 4 is 0 Å². The second-order valence-electron chi connectivity index (χ2n) is 7.55. The van der Waals surface area contributed by atoms with Gasteiger partial charge in [0.2, 0.25) is 0 Å². The van der Waals surface area contributed by atoms with Gasteiger partial charge < -0.3 is 4.74 Å². The van der Waals surface area contributed by atoms with Crippen molar-refractivity contribution in [3.63, 3.8) is 0 Å². The first-order chi connectivity index (χ1) is 13.6. The lowest BCUT2D eigenvalue weighted by molar-refractivity contribution is 0.143. The number of hydrogen-bond donors (Lipinski definition) is 0. The molecule has 2 aromatic carbocycles. The molecule has 1 saturated carbocycles. The lowest BCUT2D eigenvalue weighted by atomic mass is 9.76. The van der Waals surface area contributed by atoms with Crippen LogP contribution < -0.4 is 0 Å². The van der Waals surface area contributed by atoms with Gasteiger partial charge in [-0.1, -0.05) is 36.4 Å². The molecular weight excluding hydrogens is 354 g/mol. The minimum absolute atomic E-state index is 0.0342. The minimum Gasteiger partial charge on any atom is -0.373 e. The number of rotatable bonds is 8. The Morgan fingerprint density at radius 1 is 0.964 bits per heavy atom. The monoisotopic (exact) mass is 382 g/mol. The van der Waals surface area contributed by atoms with Gasteiger partial charge in [-0.05, 0) is 72.8 Å². The number of allylic oxidation sites excluding steroid dienone is 1. The zero-order chi connectivity index (χ0) is 19.9. The smallest absolute Gasteiger partial charge is 0.132 e. The Morgan fingerprint density at radius 2 is 1.64 bits per heavy atom. The fourth-order valence-electron chi connectivity index (χ4n) is 4.20. The Hall–Kier alpha value is -2.26. The van der Waals surface area contributed by atoms with Gasteiger partial charge in [0, 0.05) is 5.56 Å². The highest BCUT2D eigenvalue weighted by molar-refractivity contribution is 5.68. The van der Waals surface area contributed by atoms with E-state index in [1.54, 1.807) is 6.08 Å². The maximum atomic E-state index is 14.6. The van der Waals surface area contributed by atoms with Crippen molar-refractivity contribution in [1.82, 2.24) is 0 Å². The Kier molecular flexibility index (Phi) is 7.16. The van der Waals surface area contributed by atoms with Gasteiger partial charge in [-0.25, -0.2) is 8.78 Å². The highest BCUT2D eigenvalue weighted by atomic mass is 19.1. The second-order valence-corrected chi connectivity index (χ2v) is 7.55. The number of ether oxygens (including phenoxy) is 1. The molecule has 0 atom stereocenters. The van der Waals surface area contributed by atoms with Crippen LogP contribution in [0, 0.1) is 17.6 Å². The van der Waals surface area contributed by atoms with Crippen LogP contribution >= 0.6 is 0 Å². The molecule has 1 nitrogen and oxygen atoms in total. The molecule has 1 fully saturated rings. The zero-order valence-electron chi connectivity index (χ0n) is 16.3. The van der Waals surface area contributed by atoms with Crippen LogP contribution in [-0.2, 0) is 11.3 Å². The van der Waals surface area contributed by atoms with Gasteiger partial charge in [0.25, 0.3) is 0 Å². The summed E-state index contributed by atoms with van der Waals surface area (Å²) in [4.78, 5) is 0. The van der Waals surface area contributed by atoms with Crippen LogP contribution in [0.1, 0.15) is 49.1 Å². The summed E-state index contributed by atoms with van der Waals surface area (Å²) in [5.74, 6) is 0.0109. The maximum Gasteiger partial charge on any atom is 0.132 e. The topological polar surface area (TPSA) is 9.23 Å². The quantitative estimate of drug-likeness (QED) is 0.347. The van der Waals surface area contributed by atoms with Gasteiger partial charge in [0.1, 0.15) is 11.6 Å². The third-order valence-corrected chi connectivity index (χ3v) is 5.68. The van der Waals surface area contributed by atoms with E-state index in [0.717, 1.165) is 24.8 Å². The van der Waals surface area contributed by atoms with E-state index in [9.17, 15) is 8.78 Å². The molecular formula is C25H28F2O. The van der Waals surface area contributed by atoms with Gasteiger partial charge in [0.05, 0.1) is 13.2 Å². The van der Waals surface area contributed by atoms with Crippen molar-refractivity contribution < 1.29 is 13.5 Å². The summed E-state index contributed by atoms with van der Waals surface area (Å²) in [6.07, 6.45) is 9.19. The lowest BCUT2D eigenvalue weighted by Gasteiger charge is -2.29. The average molecular weight is 382 g/mol. The molecule has 0 heterocycles. The lowest BCUT2D eigenvalue weighted by Crippen LogP contribution is -2.13. The summed E-state index contributed by atoms with van der Waals surface area (Å²) < 4.78 is 34.4. The SMILES string of the molecule is C=CCOCc1c(F)cc(-c2ccccc2C2CCC(CC=C)CC2)cc1F. The highest BCUT2D eigenvalue weighted by Gasteiger charge is 2.24. The molecule has 0 unspecified atom stereocenters. The molecule has 0 N–H and O–H groups in total. The molecule has 3 heteroatoms. The van der Waals surface area contributed by atoms with E-state index in [0.29, 0.717) is 17.4 Å². The fraction of sp³-hybridized carbons (Fsp3) is 0.360. The summed E-state index contributed by atoms with van der Waals surface area (Å²) in [5, 5.41) is 0. The molecule has 0 saturated heterocycles. The summed E-state index contributed by atoms with van der Waals surface area (Å²) in [7, 11) is 0. The molecule has 1 aliphatic carbocycles. The average Bonchev–Trinajstić information content (AvgIpc) is 2.71. The van der Waals surface area contributed by atoms with E-state index in [1.807, 2.05) is 24.3 Å². The summed E-state index contributed by atoms with van der Waals surface area (Å²) in [6, 6.07) is 10.9. The largest absolute Gasteiger partial charge is 0.373 e. The van der Waals surface area contributed by atoms with Crippen LogP contribution in [-0.4, -0.2) is 6.61 Å². The first-order valence-corrected chi connectivity index (χ1v) is 10.0. The summed E-state index contributed by atoms with van der Waals surface area (Å²) in [6.45, 7) is 7.55. The summed E-state index contributed by atoms with van der Waals surface area (Å²) >= 11 is 0. The van der Waals surface area contributed by atoms with Crippen LogP contribution in [0.25, 0.3) is 11.1 Å². The van der Waals surface area contributed by atoms with Crippen molar-refractivity contribution in [1.29, 1.82) is 0 Å². The van der Waals surface area contributed by atoms with Gasteiger partial charge in [-0.15, -0.1) is 13.2 Å². The molecule has 28 heavy (non-hydrogen) atoms. The van der Waals surface area contributed by atoms with Crippen LogP contribution in [0.3, 0.4) is 0 Å². The molecule has 0 spiro atoms. The Balaban J connectivity index is 1.85. The normalized spacial score (nSPS) is 19.4. The standard InChI is InChI=1S/C25H28F2O/c1-3-7-18-10-12-19(13-11-18)21-8-5-6-9-22(21)20-15-24(26)23(25(27)16-20)17-28-14-4-2/h3-6,8-9,15-16,18-19H,1-2,7,10-14,17H2. The van der Waals surface area contributed by atoms with Crippen molar-refractivity contribution in [2.24, 2.45) is 5.92 Å². The molecule has 2 aromatic rings. The van der Waals surface area contributed by atoms with Gasteiger partial charge in [0.15, 0.2) is 0 Å². The zero-order valence-corrected chi connectivity index (χ0v) is 16.3. The summed E-state index contributed by atoms with van der Waals surface area (Å²) in [5.41, 5.74) is 2.67. The third-order valence-electron chi connectivity index (χ3n) is 5.68. The predicted molar refractivity (Wildman–Crippen MR) is 111 cm³/mol. The van der Waals surface area contributed by atoms with Crippen molar-refractivity contribution in [2.45, 2.75) is 44.6 Å². The third kappa shape index (κ3) is 4.77. The predicted octanol–water partition coefficient (Wildman–Crippen LogP) is 7.18. The van der Waals surface area contributed by atoms with E-state index >= 15 is 0 Å². The minimum atomic E-state index is -0.566. The second kappa shape index (κ2) is 9.79. The Morgan fingerprint density at radius 3 is 2.29 bits per heavy atom. The maximum absolute atomic E-state index is 14.6. The van der Waals surface area contributed by atoms with Crippen LogP contribution in [0.4, 0.5) is 8.78 Å². The molecule has 1 aliphatic rings. The first kappa shape index (κ1) is 20.5. The highest BCUT2D eigenvalue weighted by Crippen LogP contribution is 2.41. The molecule has 0 aromatic heterocycles. The molecule has 0 bridgehead atoms.